The van der Waals surface area contributed by atoms with Crippen LogP contribution in [0.4, 0.5) is 11.4 Å². The molecule has 0 unspecified atom stereocenters. The fourth-order valence-electron chi connectivity index (χ4n) is 3.65. The first-order valence-electron chi connectivity index (χ1n) is 8.45. The van der Waals surface area contributed by atoms with Crippen molar-refractivity contribution in [3.05, 3.63) is 95.0 Å². The minimum Gasteiger partial charge on any atom is -0.354 e. The first-order valence-corrected chi connectivity index (χ1v) is 8.83. The summed E-state index contributed by atoms with van der Waals surface area (Å²) in [4.78, 5) is 12.9. The first kappa shape index (κ1) is 15.2. The minimum atomic E-state index is 0.0515. The summed E-state index contributed by atoms with van der Waals surface area (Å²) in [6.07, 6.45) is 0. The second kappa shape index (κ2) is 5.72. The Morgan fingerprint density at radius 2 is 1.38 bits per heavy atom. The van der Waals surface area contributed by atoms with Crippen molar-refractivity contribution in [2.45, 2.75) is 0 Å². The van der Waals surface area contributed by atoms with Crippen LogP contribution in [0.5, 0.6) is 0 Å². The summed E-state index contributed by atoms with van der Waals surface area (Å²) in [6.45, 7) is 0. The molecule has 0 atom stereocenters. The minimum absolute atomic E-state index is 0.0515. The van der Waals surface area contributed by atoms with Gasteiger partial charge in [-0.25, -0.2) is 0 Å². The van der Waals surface area contributed by atoms with E-state index in [4.69, 9.17) is 11.6 Å². The molecule has 124 valence electrons. The number of anilines is 2. The third kappa shape index (κ3) is 2.16. The van der Waals surface area contributed by atoms with Crippen LogP contribution in [0.25, 0.3) is 21.9 Å². The second-order valence-corrected chi connectivity index (χ2v) is 6.75. The highest BCUT2D eigenvalue weighted by atomic mass is 35.5. The number of hydrogen-bond acceptors (Lipinski definition) is 2. The first-order chi connectivity index (χ1) is 12.7. The number of carbonyl (C=O) groups excluding carboxylic acids is 1. The van der Waals surface area contributed by atoms with Crippen LogP contribution in [-0.2, 0) is 0 Å². The Balaban J connectivity index is 1.64. The lowest BCUT2D eigenvalue weighted by Crippen LogP contribution is -2.01. The molecule has 0 fully saturated rings. The van der Waals surface area contributed by atoms with Gasteiger partial charge in [0.25, 0.3) is 0 Å². The van der Waals surface area contributed by atoms with Crippen LogP contribution in [0.1, 0.15) is 15.9 Å². The molecule has 0 aromatic heterocycles. The molecule has 4 aromatic carbocycles. The van der Waals surface area contributed by atoms with E-state index in [-0.39, 0.29) is 5.78 Å². The van der Waals surface area contributed by atoms with Gasteiger partial charge in [-0.15, -0.1) is 0 Å². The van der Waals surface area contributed by atoms with Crippen LogP contribution in [0.3, 0.4) is 0 Å². The van der Waals surface area contributed by atoms with Gasteiger partial charge < -0.3 is 5.32 Å². The summed E-state index contributed by atoms with van der Waals surface area (Å²) >= 11 is 6.62. The number of carbonyl (C=O) groups is 1. The Labute approximate surface area is 156 Å². The van der Waals surface area contributed by atoms with Crippen LogP contribution >= 0.6 is 11.6 Å². The van der Waals surface area contributed by atoms with E-state index in [0.717, 1.165) is 38.8 Å². The number of fused-ring (bicyclic) bond motifs is 4. The third-order valence-corrected chi connectivity index (χ3v) is 5.29. The smallest absolute Gasteiger partial charge is 0.196 e. The molecule has 0 radical (unpaired) electrons. The fourth-order valence-corrected chi connectivity index (χ4v) is 3.93. The zero-order chi connectivity index (χ0) is 17.7. The highest BCUT2D eigenvalue weighted by molar-refractivity contribution is 6.38. The molecule has 1 aliphatic rings. The van der Waals surface area contributed by atoms with E-state index in [1.807, 2.05) is 78.9 Å². The molecule has 0 aliphatic heterocycles. The molecule has 0 bridgehead atoms. The van der Waals surface area contributed by atoms with E-state index < -0.39 is 0 Å². The SMILES string of the molecule is O=C1c2ccccc2-c2cccc(Nc3ccc4ccccc4c3Cl)c21. The van der Waals surface area contributed by atoms with Crippen LogP contribution < -0.4 is 5.32 Å². The maximum absolute atomic E-state index is 12.9. The molecular formula is C23H14ClNO. The third-order valence-electron chi connectivity index (χ3n) is 4.89. The number of rotatable bonds is 2. The Kier molecular flexibility index (Phi) is 3.34. The molecule has 1 aliphatic carbocycles. The van der Waals surface area contributed by atoms with Crippen LogP contribution in [0, 0.1) is 0 Å². The van der Waals surface area contributed by atoms with Crippen molar-refractivity contribution in [1.82, 2.24) is 0 Å². The van der Waals surface area contributed by atoms with Gasteiger partial charge in [-0.2, -0.15) is 0 Å². The van der Waals surface area contributed by atoms with E-state index in [2.05, 4.69) is 5.32 Å². The monoisotopic (exact) mass is 355 g/mol. The van der Waals surface area contributed by atoms with Gasteiger partial charge in [-0.05, 0) is 28.6 Å². The quantitative estimate of drug-likeness (QED) is 0.394. The topological polar surface area (TPSA) is 29.1 Å². The van der Waals surface area contributed by atoms with Crippen molar-refractivity contribution in [3.63, 3.8) is 0 Å². The van der Waals surface area contributed by atoms with Gasteiger partial charge in [-0.1, -0.05) is 78.3 Å². The van der Waals surface area contributed by atoms with Crippen LogP contribution in [-0.4, -0.2) is 5.78 Å². The van der Waals surface area contributed by atoms with Crippen molar-refractivity contribution in [3.8, 4) is 11.1 Å². The molecule has 0 saturated heterocycles. The summed E-state index contributed by atoms with van der Waals surface area (Å²) in [7, 11) is 0. The normalized spacial score (nSPS) is 12.1. The van der Waals surface area contributed by atoms with Gasteiger partial charge in [-0.3, -0.25) is 4.79 Å². The van der Waals surface area contributed by atoms with Gasteiger partial charge >= 0.3 is 0 Å². The maximum Gasteiger partial charge on any atom is 0.196 e. The molecule has 2 nitrogen and oxygen atoms in total. The summed E-state index contributed by atoms with van der Waals surface area (Å²) in [6, 6.07) is 25.6. The standard InChI is InChI=1S/C23H14ClNO/c24-22-15-7-2-1-6-14(15)12-13-20(22)25-19-11-5-10-17-16-8-3-4-9-18(16)23(26)21(17)19/h1-13,25H. The van der Waals surface area contributed by atoms with E-state index >= 15 is 0 Å². The molecule has 1 N–H and O–H groups in total. The van der Waals surface area contributed by atoms with Crippen molar-refractivity contribution in [2.75, 3.05) is 5.32 Å². The lowest BCUT2D eigenvalue weighted by atomic mass is 10.0. The highest BCUT2D eigenvalue weighted by Crippen LogP contribution is 2.42. The molecular weight excluding hydrogens is 342 g/mol. The van der Waals surface area contributed by atoms with Crippen LogP contribution in [0.15, 0.2) is 78.9 Å². The molecule has 0 saturated carbocycles. The molecule has 0 spiro atoms. The lowest BCUT2D eigenvalue weighted by Gasteiger charge is -2.13. The van der Waals surface area contributed by atoms with E-state index in [0.29, 0.717) is 10.6 Å². The van der Waals surface area contributed by atoms with Crippen molar-refractivity contribution in [1.29, 1.82) is 0 Å². The zero-order valence-electron chi connectivity index (χ0n) is 13.8. The van der Waals surface area contributed by atoms with Gasteiger partial charge in [0.1, 0.15) is 0 Å². The summed E-state index contributed by atoms with van der Waals surface area (Å²) < 4.78 is 0. The van der Waals surface area contributed by atoms with Crippen LogP contribution in [0.2, 0.25) is 5.02 Å². The summed E-state index contributed by atoms with van der Waals surface area (Å²) in [5, 5.41) is 6.11. The van der Waals surface area contributed by atoms with Crippen molar-refractivity contribution >= 4 is 39.5 Å². The fraction of sp³-hybridized carbons (Fsp3) is 0. The van der Waals surface area contributed by atoms with Gasteiger partial charge in [0.05, 0.1) is 22.0 Å². The molecule has 0 amide bonds. The highest BCUT2D eigenvalue weighted by Gasteiger charge is 2.28. The average molecular weight is 356 g/mol. The molecule has 5 rings (SSSR count). The van der Waals surface area contributed by atoms with Gasteiger partial charge in [0, 0.05) is 10.9 Å². The number of benzene rings is 4. The largest absolute Gasteiger partial charge is 0.354 e. The maximum atomic E-state index is 12.9. The predicted octanol–water partition coefficient (Wildman–Crippen LogP) is 6.45. The van der Waals surface area contributed by atoms with E-state index in [1.54, 1.807) is 0 Å². The number of hydrogen-bond donors (Lipinski definition) is 1. The van der Waals surface area contributed by atoms with Gasteiger partial charge in [0.2, 0.25) is 0 Å². The molecule has 26 heavy (non-hydrogen) atoms. The van der Waals surface area contributed by atoms with Gasteiger partial charge in [0.15, 0.2) is 5.78 Å². The Morgan fingerprint density at radius 3 is 2.27 bits per heavy atom. The zero-order valence-corrected chi connectivity index (χ0v) is 14.5. The Morgan fingerprint density at radius 1 is 0.654 bits per heavy atom. The molecule has 0 heterocycles. The predicted molar refractivity (Wildman–Crippen MR) is 108 cm³/mol. The van der Waals surface area contributed by atoms with E-state index in [1.165, 1.54) is 0 Å². The Bertz CT molecular complexity index is 1200. The van der Waals surface area contributed by atoms with Crippen molar-refractivity contribution < 1.29 is 4.79 Å². The second-order valence-electron chi connectivity index (χ2n) is 6.38. The molecule has 4 aromatic rings. The summed E-state index contributed by atoms with van der Waals surface area (Å²) in [5.41, 5.74) is 4.98. The lowest BCUT2D eigenvalue weighted by molar-refractivity contribution is 0.104. The molecule has 3 heteroatoms. The number of nitrogens with one attached hydrogen (secondary N) is 1. The Hall–Kier alpha value is -3.10. The van der Waals surface area contributed by atoms with E-state index in [9.17, 15) is 4.79 Å². The number of halogens is 1. The number of ketones is 1. The summed E-state index contributed by atoms with van der Waals surface area (Å²) in [5.74, 6) is 0.0515. The van der Waals surface area contributed by atoms with Crippen molar-refractivity contribution in [2.24, 2.45) is 0 Å². The average Bonchev–Trinajstić information content (AvgIpc) is 2.98.